The van der Waals surface area contributed by atoms with Crippen molar-refractivity contribution in [2.24, 2.45) is 0 Å². The third-order valence-electron chi connectivity index (χ3n) is 6.96. The summed E-state index contributed by atoms with van der Waals surface area (Å²) in [4.78, 5) is 27.5. The van der Waals surface area contributed by atoms with E-state index in [-0.39, 0.29) is 17.4 Å². The third-order valence-corrected chi connectivity index (χ3v) is 11.4. The maximum Gasteiger partial charge on any atom is 0.306 e. The Morgan fingerprint density at radius 3 is 2.37 bits per heavy atom. The lowest BCUT2D eigenvalue weighted by Gasteiger charge is -2.47. The van der Waals surface area contributed by atoms with E-state index < -0.39 is 26.4 Å². The minimum absolute atomic E-state index is 0.0743. The van der Waals surface area contributed by atoms with Gasteiger partial charge in [-0.3, -0.25) is 14.5 Å². The molecule has 0 radical (unpaired) electrons. The zero-order valence-corrected chi connectivity index (χ0v) is 22.7. The summed E-state index contributed by atoms with van der Waals surface area (Å²) in [6.07, 6.45) is 1.48. The van der Waals surface area contributed by atoms with Crippen molar-refractivity contribution in [3.63, 3.8) is 0 Å². The van der Waals surface area contributed by atoms with E-state index >= 15 is 0 Å². The van der Waals surface area contributed by atoms with Gasteiger partial charge in [0, 0.05) is 12.0 Å². The zero-order valence-electron chi connectivity index (χ0n) is 21.7. The number of carbonyl (C=O) groups is 2. The highest BCUT2D eigenvalue weighted by Crippen LogP contribution is 2.44. The van der Waals surface area contributed by atoms with Crippen LogP contribution in [0.15, 0.2) is 61.2 Å². The average Bonchev–Trinajstić information content (AvgIpc) is 2.83. The molecule has 1 saturated heterocycles. The topological polar surface area (TPSA) is 65.1 Å². The minimum atomic E-state index is -1.99. The molecular weight excluding hydrogens is 458 g/mol. The second kappa shape index (κ2) is 10.8. The molecule has 6 nitrogen and oxygen atoms in total. The summed E-state index contributed by atoms with van der Waals surface area (Å²) in [5, 5.41) is 0.0743. The van der Waals surface area contributed by atoms with Crippen molar-refractivity contribution in [1.82, 2.24) is 0 Å². The van der Waals surface area contributed by atoms with Gasteiger partial charge in [-0.25, -0.2) is 0 Å². The second-order valence-electron chi connectivity index (χ2n) is 10.3. The highest BCUT2D eigenvalue weighted by Gasteiger charge is 2.52. The van der Waals surface area contributed by atoms with Crippen LogP contribution < -0.4 is 9.64 Å². The van der Waals surface area contributed by atoms with Crippen molar-refractivity contribution < 1.29 is 23.5 Å². The number of ether oxygens (including phenoxy) is 2. The molecule has 1 amide bonds. The first-order chi connectivity index (χ1) is 16.5. The number of carbonyl (C=O) groups excluding carboxylic acids is 2. The Hall–Kier alpha value is -2.90. The summed E-state index contributed by atoms with van der Waals surface area (Å²) in [7, 11) is -0.381. The molecule has 2 aromatic rings. The Kier molecular flexibility index (Phi) is 8.23. The number of amides is 1. The van der Waals surface area contributed by atoms with Gasteiger partial charge in [-0.1, -0.05) is 57.2 Å². The summed E-state index contributed by atoms with van der Waals surface area (Å²) in [6.45, 7) is 15.1. The number of para-hydroxylation sites is 1. The molecule has 2 atom stereocenters. The van der Waals surface area contributed by atoms with Crippen molar-refractivity contribution in [2.75, 3.05) is 12.0 Å². The molecule has 35 heavy (non-hydrogen) atoms. The van der Waals surface area contributed by atoms with Gasteiger partial charge < -0.3 is 13.9 Å². The fourth-order valence-electron chi connectivity index (χ4n) is 3.73. The molecular formula is C28H37NO5Si. The third kappa shape index (κ3) is 5.85. The van der Waals surface area contributed by atoms with Crippen molar-refractivity contribution in [3.05, 3.63) is 72.3 Å². The summed E-state index contributed by atoms with van der Waals surface area (Å²) >= 11 is 0. The highest BCUT2D eigenvalue weighted by molar-refractivity contribution is 6.74. The van der Waals surface area contributed by atoms with E-state index in [2.05, 4.69) is 40.4 Å². The number of hydrogen-bond acceptors (Lipinski definition) is 5. The molecule has 0 saturated carbocycles. The van der Waals surface area contributed by atoms with Crippen LogP contribution in [0.3, 0.4) is 0 Å². The second-order valence-corrected chi connectivity index (χ2v) is 15.2. The molecule has 0 spiro atoms. The van der Waals surface area contributed by atoms with E-state index in [9.17, 15) is 9.59 Å². The Labute approximate surface area is 210 Å². The van der Waals surface area contributed by atoms with Gasteiger partial charge in [0.1, 0.15) is 11.8 Å². The van der Waals surface area contributed by atoms with Gasteiger partial charge in [-0.05, 0) is 48.3 Å². The van der Waals surface area contributed by atoms with Crippen molar-refractivity contribution in [3.8, 4) is 5.75 Å². The number of anilines is 1. The van der Waals surface area contributed by atoms with Crippen LogP contribution in [0, 0.1) is 0 Å². The summed E-state index contributed by atoms with van der Waals surface area (Å²) < 4.78 is 17.4. The predicted octanol–water partition coefficient (Wildman–Crippen LogP) is 6.18. The Bertz CT molecular complexity index is 1060. The summed E-state index contributed by atoms with van der Waals surface area (Å²) in [5.41, 5.74) is 2.57. The van der Waals surface area contributed by atoms with Crippen LogP contribution in [0.1, 0.15) is 50.8 Å². The number of β-lactam (4-membered cyclic amide) rings is 1. The number of methoxy groups -OCH3 is 1. The van der Waals surface area contributed by atoms with E-state index in [4.69, 9.17) is 13.9 Å². The van der Waals surface area contributed by atoms with E-state index in [1.807, 2.05) is 48.5 Å². The van der Waals surface area contributed by atoms with E-state index in [1.54, 1.807) is 18.1 Å². The lowest BCUT2D eigenvalue weighted by Crippen LogP contribution is -2.61. The molecule has 3 rings (SSSR count). The highest BCUT2D eigenvalue weighted by atomic mass is 28.4. The molecule has 2 aromatic carbocycles. The van der Waals surface area contributed by atoms with E-state index in [0.29, 0.717) is 18.8 Å². The van der Waals surface area contributed by atoms with Crippen LogP contribution in [0.4, 0.5) is 5.69 Å². The standard InChI is InChI=1S/C28H37NO5Si/c1-8-9-14-24(30)34-26-25(20-15-17-22(32-5)18-16-20)29(27(26)31)23-13-11-10-12-21(23)19-33-35(6,7)28(2,3)4/h8,10-13,15-18,25-26H,1,9,14,19H2,2-7H3/t25-,26-/m0/s1. The zero-order chi connectivity index (χ0) is 25.8. The monoisotopic (exact) mass is 495 g/mol. The molecule has 1 aliphatic rings. The molecule has 1 fully saturated rings. The number of esters is 1. The van der Waals surface area contributed by atoms with Crippen LogP contribution in [0.25, 0.3) is 0 Å². The van der Waals surface area contributed by atoms with E-state index in [0.717, 1.165) is 16.8 Å². The molecule has 0 N–H and O–H groups in total. The van der Waals surface area contributed by atoms with Crippen LogP contribution in [-0.4, -0.2) is 33.4 Å². The van der Waals surface area contributed by atoms with Crippen molar-refractivity contribution >= 4 is 25.9 Å². The number of allylic oxidation sites excluding steroid dienone is 1. The van der Waals surface area contributed by atoms with Crippen molar-refractivity contribution in [1.29, 1.82) is 0 Å². The maximum absolute atomic E-state index is 13.4. The maximum atomic E-state index is 13.4. The smallest absolute Gasteiger partial charge is 0.306 e. The normalized spacial score (nSPS) is 18.1. The lowest BCUT2D eigenvalue weighted by molar-refractivity contribution is -0.162. The molecule has 7 heteroatoms. The van der Waals surface area contributed by atoms with Crippen LogP contribution in [-0.2, 0) is 25.4 Å². The van der Waals surface area contributed by atoms with Gasteiger partial charge in [0.05, 0.1) is 19.4 Å². The first-order valence-electron chi connectivity index (χ1n) is 12.0. The van der Waals surface area contributed by atoms with Gasteiger partial charge in [-0.2, -0.15) is 0 Å². The minimum Gasteiger partial charge on any atom is -0.497 e. The van der Waals surface area contributed by atoms with Crippen LogP contribution in [0.2, 0.25) is 18.1 Å². The molecule has 0 unspecified atom stereocenters. The first kappa shape index (κ1) is 26.7. The molecule has 0 aliphatic carbocycles. The molecule has 0 aromatic heterocycles. The summed E-state index contributed by atoms with van der Waals surface area (Å²) in [6, 6.07) is 14.8. The van der Waals surface area contributed by atoms with Crippen LogP contribution in [0.5, 0.6) is 5.75 Å². The van der Waals surface area contributed by atoms with Gasteiger partial charge in [0.25, 0.3) is 5.91 Å². The number of hydrogen-bond donors (Lipinski definition) is 0. The van der Waals surface area contributed by atoms with Gasteiger partial charge >= 0.3 is 5.97 Å². The Morgan fingerprint density at radius 1 is 1.11 bits per heavy atom. The first-order valence-corrected chi connectivity index (χ1v) is 14.9. The van der Waals surface area contributed by atoms with Crippen LogP contribution >= 0.6 is 0 Å². The fourth-order valence-corrected chi connectivity index (χ4v) is 4.68. The molecule has 1 aliphatic heterocycles. The molecule has 0 bridgehead atoms. The molecule has 188 valence electrons. The molecule has 1 heterocycles. The number of nitrogens with zero attached hydrogens (tertiary/aromatic N) is 1. The quantitative estimate of drug-likeness (QED) is 0.170. The Morgan fingerprint density at radius 2 is 1.77 bits per heavy atom. The van der Waals surface area contributed by atoms with Gasteiger partial charge in [-0.15, -0.1) is 6.58 Å². The van der Waals surface area contributed by atoms with Gasteiger partial charge in [0.15, 0.2) is 8.32 Å². The SMILES string of the molecule is C=CCCC(=O)O[C@@H]1C(=O)N(c2ccccc2CO[Si](C)(C)C(C)(C)C)[C@H]1c1ccc(OC)cc1. The summed E-state index contributed by atoms with van der Waals surface area (Å²) in [5.74, 6) is 0.0714. The fraction of sp³-hybridized carbons (Fsp3) is 0.429. The average molecular weight is 496 g/mol. The van der Waals surface area contributed by atoms with Gasteiger partial charge in [0.2, 0.25) is 6.10 Å². The largest absolute Gasteiger partial charge is 0.497 e. The number of benzene rings is 2. The van der Waals surface area contributed by atoms with Crippen molar-refractivity contribution in [2.45, 2.75) is 70.5 Å². The lowest BCUT2D eigenvalue weighted by atomic mass is 9.89. The van der Waals surface area contributed by atoms with E-state index in [1.165, 1.54) is 0 Å². The predicted molar refractivity (Wildman–Crippen MR) is 141 cm³/mol. The Balaban J connectivity index is 1.92. The number of rotatable bonds is 10.